The van der Waals surface area contributed by atoms with Gasteiger partial charge in [0.25, 0.3) is 0 Å². The standard InChI is InChI=1S/C14H17F6NOS/c1-3-9-6-8(2)4-5-10(9)11(22)21-12(7-23,13(15,16)17)14(18,19)20/h4-6,11,21-23H,3,7H2,1-2H3. The van der Waals surface area contributed by atoms with E-state index in [9.17, 15) is 31.4 Å². The molecule has 0 bridgehead atoms. The molecule has 2 nitrogen and oxygen atoms in total. The lowest BCUT2D eigenvalue weighted by Crippen LogP contribution is -2.68. The fourth-order valence-corrected chi connectivity index (χ4v) is 2.62. The van der Waals surface area contributed by atoms with Crippen molar-refractivity contribution in [2.45, 2.75) is 44.4 Å². The summed E-state index contributed by atoms with van der Waals surface area (Å²) in [6, 6.07) is 4.41. The Morgan fingerprint density at radius 3 is 2.04 bits per heavy atom. The molecule has 1 unspecified atom stereocenters. The third-order valence-electron chi connectivity index (χ3n) is 3.56. The van der Waals surface area contributed by atoms with Crippen molar-refractivity contribution in [1.29, 1.82) is 0 Å². The molecule has 0 aliphatic rings. The number of aliphatic hydroxyl groups is 1. The van der Waals surface area contributed by atoms with E-state index in [1.54, 1.807) is 19.9 Å². The molecule has 2 N–H and O–H groups in total. The van der Waals surface area contributed by atoms with Crippen molar-refractivity contribution >= 4 is 12.6 Å². The largest absolute Gasteiger partial charge is 0.416 e. The molecule has 132 valence electrons. The van der Waals surface area contributed by atoms with Crippen LogP contribution in [0.25, 0.3) is 0 Å². The van der Waals surface area contributed by atoms with Crippen molar-refractivity contribution in [3.8, 4) is 0 Å². The van der Waals surface area contributed by atoms with Crippen molar-refractivity contribution < 1.29 is 31.4 Å². The molecule has 1 aromatic carbocycles. The molecular weight excluding hydrogens is 344 g/mol. The van der Waals surface area contributed by atoms with Crippen LogP contribution in [0.15, 0.2) is 18.2 Å². The Morgan fingerprint density at radius 1 is 1.13 bits per heavy atom. The summed E-state index contributed by atoms with van der Waals surface area (Å²) in [7, 11) is 0. The number of alkyl halides is 6. The molecule has 23 heavy (non-hydrogen) atoms. The van der Waals surface area contributed by atoms with Crippen LogP contribution >= 0.6 is 12.6 Å². The molecule has 0 fully saturated rings. The lowest BCUT2D eigenvalue weighted by molar-refractivity contribution is -0.306. The summed E-state index contributed by atoms with van der Waals surface area (Å²) in [6.07, 6.45) is -13.1. The van der Waals surface area contributed by atoms with Gasteiger partial charge in [0.1, 0.15) is 6.23 Å². The van der Waals surface area contributed by atoms with Crippen molar-refractivity contribution in [2.24, 2.45) is 0 Å². The third-order valence-corrected chi connectivity index (χ3v) is 4.04. The van der Waals surface area contributed by atoms with Gasteiger partial charge in [-0.1, -0.05) is 30.7 Å². The number of halogens is 6. The van der Waals surface area contributed by atoms with Crippen molar-refractivity contribution in [2.75, 3.05) is 5.75 Å². The molecule has 9 heteroatoms. The van der Waals surface area contributed by atoms with E-state index < -0.39 is 29.9 Å². The van der Waals surface area contributed by atoms with Crippen LogP contribution in [-0.4, -0.2) is 28.8 Å². The molecule has 1 atom stereocenters. The number of hydrogen-bond donors (Lipinski definition) is 3. The SMILES string of the molecule is CCc1cc(C)ccc1C(O)NC(CS)(C(F)(F)F)C(F)(F)F. The average Bonchev–Trinajstić information content (AvgIpc) is 2.41. The zero-order valence-electron chi connectivity index (χ0n) is 12.4. The maximum Gasteiger partial charge on any atom is 0.416 e. The van der Waals surface area contributed by atoms with Gasteiger partial charge in [0.05, 0.1) is 0 Å². The Morgan fingerprint density at radius 2 is 1.65 bits per heavy atom. The predicted octanol–water partition coefficient (Wildman–Crippen LogP) is 3.93. The van der Waals surface area contributed by atoms with Gasteiger partial charge in [0.15, 0.2) is 0 Å². The van der Waals surface area contributed by atoms with Gasteiger partial charge in [-0.2, -0.15) is 39.0 Å². The molecule has 0 heterocycles. The number of aliphatic hydroxyl groups excluding tert-OH is 1. The molecule has 0 aliphatic carbocycles. The van der Waals surface area contributed by atoms with Crippen LogP contribution in [0, 0.1) is 6.92 Å². The fraction of sp³-hybridized carbons (Fsp3) is 0.571. The van der Waals surface area contributed by atoms with Crippen LogP contribution in [-0.2, 0) is 6.42 Å². The van der Waals surface area contributed by atoms with Crippen molar-refractivity contribution in [1.82, 2.24) is 5.32 Å². The molecular formula is C14H17F6NOS. The van der Waals surface area contributed by atoms with Gasteiger partial charge in [-0.25, -0.2) is 0 Å². The van der Waals surface area contributed by atoms with Gasteiger partial charge in [0, 0.05) is 5.75 Å². The van der Waals surface area contributed by atoms with Crippen LogP contribution in [0.5, 0.6) is 0 Å². The monoisotopic (exact) mass is 361 g/mol. The average molecular weight is 361 g/mol. The summed E-state index contributed by atoms with van der Waals surface area (Å²) in [5, 5.41) is 11.3. The Balaban J connectivity index is 3.30. The van der Waals surface area contributed by atoms with E-state index in [1.165, 1.54) is 17.4 Å². The van der Waals surface area contributed by atoms with Gasteiger partial charge in [-0.05, 0) is 24.5 Å². The second kappa shape index (κ2) is 6.90. The van der Waals surface area contributed by atoms with Crippen LogP contribution in [0.2, 0.25) is 0 Å². The van der Waals surface area contributed by atoms with Crippen LogP contribution in [0.4, 0.5) is 26.3 Å². The van der Waals surface area contributed by atoms with Crippen molar-refractivity contribution in [3.63, 3.8) is 0 Å². The van der Waals surface area contributed by atoms with Gasteiger partial charge >= 0.3 is 12.4 Å². The first kappa shape index (κ1) is 20.1. The first-order valence-electron chi connectivity index (χ1n) is 6.69. The summed E-state index contributed by atoms with van der Waals surface area (Å²) in [5.74, 6) is -1.59. The summed E-state index contributed by atoms with van der Waals surface area (Å²) >= 11 is 3.23. The third kappa shape index (κ3) is 3.95. The van der Waals surface area contributed by atoms with E-state index in [4.69, 9.17) is 0 Å². The molecule has 0 aromatic heterocycles. The highest BCUT2D eigenvalue weighted by Crippen LogP contribution is 2.45. The lowest BCUT2D eigenvalue weighted by Gasteiger charge is -2.38. The van der Waals surface area contributed by atoms with E-state index in [0.29, 0.717) is 12.0 Å². The van der Waals surface area contributed by atoms with E-state index in [2.05, 4.69) is 12.6 Å². The summed E-state index contributed by atoms with van der Waals surface area (Å²) in [5.41, 5.74) is -3.09. The lowest BCUT2D eigenvalue weighted by atomic mass is 9.96. The molecule has 0 radical (unpaired) electrons. The van der Waals surface area contributed by atoms with E-state index in [0.717, 1.165) is 5.56 Å². The Labute approximate surface area is 135 Å². The quantitative estimate of drug-likeness (QED) is 0.422. The second-order valence-electron chi connectivity index (χ2n) is 5.16. The topological polar surface area (TPSA) is 32.3 Å². The van der Waals surface area contributed by atoms with Crippen LogP contribution in [0.3, 0.4) is 0 Å². The smallest absolute Gasteiger partial charge is 0.374 e. The first-order valence-corrected chi connectivity index (χ1v) is 7.32. The first-order chi connectivity index (χ1) is 10.4. The molecule has 0 spiro atoms. The van der Waals surface area contributed by atoms with E-state index in [-0.39, 0.29) is 5.56 Å². The number of thiol groups is 1. The highest BCUT2D eigenvalue weighted by Gasteiger charge is 2.70. The highest BCUT2D eigenvalue weighted by atomic mass is 32.1. The van der Waals surface area contributed by atoms with Gasteiger partial charge in [0.2, 0.25) is 5.54 Å². The minimum absolute atomic E-state index is 0.0299. The molecule has 0 aliphatic heterocycles. The molecule has 0 saturated carbocycles. The van der Waals surface area contributed by atoms with Gasteiger partial charge < -0.3 is 5.11 Å². The predicted molar refractivity (Wildman–Crippen MR) is 77.3 cm³/mol. The minimum atomic E-state index is -5.68. The summed E-state index contributed by atoms with van der Waals surface area (Å²) in [4.78, 5) is 0. The number of nitrogens with one attached hydrogen (secondary N) is 1. The zero-order valence-corrected chi connectivity index (χ0v) is 13.3. The molecule has 1 rings (SSSR count). The van der Waals surface area contributed by atoms with E-state index >= 15 is 0 Å². The molecule has 0 amide bonds. The number of aryl methyl sites for hydroxylation is 2. The number of benzene rings is 1. The molecule has 1 aromatic rings. The minimum Gasteiger partial charge on any atom is -0.374 e. The van der Waals surface area contributed by atoms with E-state index in [1.807, 2.05) is 0 Å². The second-order valence-corrected chi connectivity index (χ2v) is 5.48. The number of rotatable bonds is 5. The van der Waals surface area contributed by atoms with Crippen LogP contribution < -0.4 is 5.32 Å². The maximum absolute atomic E-state index is 13.1. The zero-order chi connectivity index (χ0) is 18.1. The maximum atomic E-state index is 13.1. The normalized spacial score (nSPS) is 14.9. The van der Waals surface area contributed by atoms with Crippen molar-refractivity contribution in [3.05, 3.63) is 34.9 Å². The Kier molecular flexibility index (Phi) is 6.04. The van der Waals surface area contributed by atoms with Gasteiger partial charge in [-0.3, -0.25) is 5.32 Å². The molecule has 0 saturated heterocycles. The van der Waals surface area contributed by atoms with Gasteiger partial charge in [-0.15, -0.1) is 0 Å². The summed E-state index contributed by atoms with van der Waals surface area (Å²) < 4.78 is 78.3. The van der Waals surface area contributed by atoms with Crippen LogP contribution in [0.1, 0.15) is 29.8 Å². The fourth-order valence-electron chi connectivity index (χ4n) is 2.17. The Bertz CT molecular complexity index is 529. The highest BCUT2D eigenvalue weighted by molar-refractivity contribution is 7.80. The Hall–Kier alpha value is -0.930. The summed E-state index contributed by atoms with van der Waals surface area (Å²) in [6.45, 7) is 3.41. The number of hydrogen-bond acceptors (Lipinski definition) is 3.